The van der Waals surface area contributed by atoms with Crippen molar-refractivity contribution in [1.82, 2.24) is 15.1 Å². The minimum absolute atomic E-state index is 0.335. The molecule has 1 rings (SSSR count). The lowest BCUT2D eigenvalue weighted by atomic mass is 10.3. The van der Waals surface area contributed by atoms with Crippen molar-refractivity contribution in [3.63, 3.8) is 0 Å². The first-order valence-corrected chi connectivity index (χ1v) is 6.44. The Morgan fingerprint density at radius 2 is 1.88 bits per heavy atom. The molecule has 1 saturated heterocycles. The zero-order chi connectivity index (χ0) is 12.8. The molecule has 0 aliphatic carbocycles. The monoisotopic (exact) mass is 261 g/mol. The van der Waals surface area contributed by atoms with E-state index in [0.717, 1.165) is 26.1 Å². The van der Waals surface area contributed by atoms with Crippen LogP contribution in [-0.4, -0.2) is 59.8 Å². The van der Waals surface area contributed by atoms with Gasteiger partial charge < -0.3 is 4.90 Å². The van der Waals surface area contributed by atoms with Gasteiger partial charge in [0.2, 0.25) is 5.91 Å². The van der Waals surface area contributed by atoms with Gasteiger partial charge in [-0.25, -0.2) is 4.79 Å². The summed E-state index contributed by atoms with van der Waals surface area (Å²) in [6.45, 7) is 7.80. The molecular weight excluding hydrogens is 242 g/mol. The van der Waals surface area contributed by atoms with E-state index >= 15 is 0 Å². The van der Waals surface area contributed by atoms with Crippen LogP contribution in [0.3, 0.4) is 0 Å². The number of rotatable bonds is 3. The van der Waals surface area contributed by atoms with Crippen LogP contribution >= 0.6 is 11.6 Å². The molecule has 1 aliphatic heterocycles. The maximum absolute atomic E-state index is 11.7. The largest absolute Gasteiger partial charge is 0.324 e. The Morgan fingerprint density at radius 3 is 2.35 bits per heavy atom. The topological polar surface area (TPSA) is 52.6 Å². The smallest absolute Gasteiger partial charge is 0.322 e. The SMILES string of the molecule is CCCN1CCN(C(=O)NC(=O)C(C)Cl)CC1. The van der Waals surface area contributed by atoms with Crippen molar-refractivity contribution in [1.29, 1.82) is 0 Å². The van der Waals surface area contributed by atoms with E-state index in [1.807, 2.05) is 0 Å². The Morgan fingerprint density at radius 1 is 1.29 bits per heavy atom. The molecule has 0 aromatic heterocycles. The molecule has 0 bridgehead atoms. The highest BCUT2D eigenvalue weighted by Gasteiger charge is 2.22. The standard InChI is InChI=1S/C11H20ClN3O2/c1-3-4-14-5-7-15(8-6-14)11(17)13-10(16)9(2)12/h9H,3-8H2,1-2H3,(H,13,16,17). The molecule has 1 fully saturated rings. The van der Waals surface area contributed by atoms with E-state index in [0.29, 0.717) is 13.1 Å². The van der Waals surface area contributed by atoms with E-state index in [1.54, 1.807) is 11.8 Å². The molecule has 98 valence electrons. The summed E-state index contributed by atoms with van der Waals surface area (Å²) >= 11 is 5.58. The lowest BCUT2D eigenvalue weighted by Gasteiger charge is -2.34. The molecule has 0 saturated carbocycles. The fourth-order valence-corrected chi connectivity index (χ4v) is 1.83. The summed E-state index contributed by atoms with van der Waals surface area (Å²) in [5, 5.41) is 1.61. The number of hydrogen-bond donors (Lipinski definition) is 1. The van der Waals surface area contributed by atoms with Gasteiger partial charge in [0, 0.05) is 26.2 Å². The lowest BCUT2D eigenvalue weighted by molar-refractivity contribution is -0.119. The normalized spacial score (nSPS) is 18.9. The Bertz CT molecular complexity index is 276. The molecule has 1 unspecified atom stereocenters. The second-order valence-corrected chi connectivity index (χ2v) is 4.89. The Kier molecular flexibility index (Phi) is 5.71. The molecule has 0 radical (unpaired) electrons. The van der Waals surface area contributed by atoms with Crippen molar-refractivity contribution in [3.05, 3.63) is 0 Å². The molecule has 1 atom stereocenters. The maximum atomic E-state index is 11.7. The van der Waals surface area contributed by atoms with Gasteiger partial charge in [-0.2, -0.15) is 0 Å². The Labute approximate surface area is 107 Å². The molecule has 5 nitrogen and oxygen atoms in total. The molecule has 3 amide bonds. The van der Waals surface area contributed by atoms with E-state index in [-0.39, 0.29) is 6.03 Å². The van der Waals surface area contributed by atoms with Gasteiger partial charge in [0.05, 0.1) is 0 Å². The first-order valence-electron chi connectivity index (χ1n) is 6.00. The summed E-state index contributed by atoms with van der Waals surface area (Å²) in [6.07, 6.45) is 1.12. The summed E-state index contributed by atoms with van der Waals surface area (Å²) < 4.78 is 0. The summed E-state index contributed by atoms with van der Waals surface area (Å²) in [5.74, 6) is -0.437. The average Bonchev–Trinajstić information content (AvgIpc) is 2.30. The fourth-order valence-electron chi connectivity index (χ4n) is 1.77. The quantitative estimate of drug-likeness (QED) is 0.768. The number of carbonyl (C=O) groups is 2. The predicted molar refractivity (Wildman–Crippen MR) is 67.2 cm³/mol. The third-order valence-corrected chi connectivity index (χ3v) is 2.99. The molecule has 1 N–H and O–H groups in total. The molecule has 0 aromatic rings. The summed E-state index contributed by atoms with van der Waals surface area (Å²) in [7, 11) is 0. The third kappa shape index (κ3) is 4.52. The van der Waals surface area contributed by atoms with Gasteiger partial charge in [-0.1, -0.05) is 6.92 Å². The summed E-state index contributed by atoms with van der Waals surface area (Å²) in [4.78, 5) is 26.9. The van der Waals surface area contributed by atoms with E-state index in [2.05, 4.69) is 17.1 Å². The number of nitrogens with zero attached hydrogens (tertiary/aromatic N) is 2. The second-order valence-electron chi connectivity index (χ2n) is 4.24. The van der Waals surface area contributed by atoms with Crippen LogP contribution < -0.4 is 5.32 Å². The number of nitrogens with one attached hydrogen (secondary N) is 1. The second kappa shape index (κ2) is 6.81. The van der Waals surface area contributed by atoms with Gasteiger partial charge in [0.25, 0.3) is 0 Å². The summed E-state index contributed by atoms with van der Waals surface area (Å²) in [6, 6.07) is -0.335. The molecule has 1 aliphatic rings. The van der Waals surface area contributed by atoms with Crippen LogP contribution in [0, 0.1) is 0 Å². The van der Waals surface area contributed by atoms with Crippen LogP contribution in [0.15, 0.2) is 0 Å². The minimum atomic E-state index is -0.680. The Balaban J connectivity index is 2.33. The van der Waals surface area contributed by atoms with Crippen molar-refractivity contribution >= 4 is 23.5 Å². The van der Waals surface area contributed by atoms with Gasteiger partial charge in [0.15, 0.2) is 0 Å². The lowest BCUT2D eigenvalue weighted by Crippen LogP contribution is -2.53. The molecular formula is C11H20ClN3O2. The van der Waals surface area contributed by atoms with Crippen molar-refractivity contribution in [2.24, 2.45) is 0 Å². The molecule has 0 spiro atoms. The highest BCUT2D eigenvalue weighted by atomic mass is 35.5. The van der Waals surface area contributed by atoms with Crippen molar-refractivity contribution < 1.29 is 9.59 Å². The number of amides is 3. The fraction of sp³-hybridized carbons (Fsp3) is 0.818. The zero-order valence-corrected chi connectivity index (χ0v) is 11.2. The number of imide groups is 1. The van der Waals surface area contributed by atoms with E-state index in [9.17, 15) is 9.59 Å². The highest BCUT2D eigenvalue weighted by Crippen LogP contribution is 2.03. The Hall–Kier alpha value is -0.810. The molecule has 6 heteroatoms. The first kappa shape index (κ1) is 14.3. The van der Waals surface area contributed by atoms with Crippen LogP contribution in [0.5, 0.6) is 0 Å². The van der Waals surface area contributed by atoms with Crippen molar-refractivity contribution in [3.8, 4) is 0 Å². The van der Waals surface area contributed by atoms with E-state index in [1.165, 1.54) is 0 Å². The van der Waals surface area contributed by atoms with E-state index in [4.69, 9.17) is 11.6 Å². The van der Waals surface area contributed by atoms with E-state index < -0.39 is 11.3 Å². The number of hydrogen-bond acceptors (Lipinski definition) is 3. The van der Waals surface area contributed by atoms with Crippen molar-refractivity contribution in [2.75, 3.05) is 32.7 Å². The van der Waals surface area contributed by atoms with Crippen LogP contribution in [0.1, 0.15) is 20.3 Å². The van der Waals surface area contributed by atoms with Crippen LogP contribution in [0.25, 0.3) is 0 Å². The molecule has 1 heterocycles. The molecule has 17 heavy (non-hydrogen) atoms. The van der Waals surface area contributed by atoms with Crippen LogP contribution in [0.2, 0.25) is 0 Å². The van der Waals surface area contributed by atoms with Gasteiger partial charge in [-0.15, -0.1) is 11.6 Å². The average molecular weight is 262 g/mol. The zero-order valence-electron chi connectivity index (χ0n) is 10.4. The number of carbonyl (C=O) groups excluding carboxylic acids is 2. The van der Waals surface area contributed by atoms with Gasteiger partial charge in [-0.3, -0.25) is 15.0 Å². The van der Waals surface area contributed by atoms with Crippen LogP contribution in [0.4, 0.5) is 4.79 Å². The van der Waals surface area contributed by atoms with Crippen LogP contribution in [-0.2, 0) is 4.79 Å². The number of halogens is 1. The summed E-state index contributed by atoms with van der Waals surface area (Å²) in [5.41, 5.74) is 0. The molecule has 0 aromatic carbocycles. The van der Waals surface area contributed by atoms with Gasteiger partial charge in [-0.05, 0) is 19.9 Å². The minimum Gasteiger partial charge on any atom is -0.322 e. The maximum Gasteiger partial charge on any atom is 0.324 e. The first-order chi connectivity index (χ1) is 8.04. The highest BCUT2D eigenvalue weighted by molar-refractivity contribution is 6.31. The van der Waals surface area contributed by atoms with Gasteiger partial charge >= 0.3 is 6.03 Å². The third-order valence-electron chi connectivity index (χ3n) is 2.79. The van der Waals surface area contributed by atoms with Crippen molar-refractivity contribution in [2.45, 2.75) is 25.6 Å². The van der Waals surface area contributed by atoms with Gasteiger partial charge in [0.1, 0.15) is 5.38 Å². The number of urea groups is 1. The number of piperazine rings is 1. The number of alkyl halides is 1. The predicted octanol–water partition coefficient (Wildman–Crippen LogP) is 0.877.